The van der Waals surface area contributed by atoms with E-state index < -0.39 is 9.84 Å². The van der Waals surface area contributed by atoms with Crippen LogP contribution in [0.2, 0.25) is 0 Å². The molecule has 2 aliphatic rings. The quantitative estimate of drug-likeness (QED) is 0.740. The fourth-order valence-electron chi connectivity index (χ4n) is 4.26. The fraction of sp³-hybridized carbons (Fsp3) is 0.478. The van der Waals surface area contributed by atoms with E-state index in [1.54, 1.807) is 17.2 Å². The van der Waals surface area contributed by atoms with Gasteiger partial charge in [-0.1, -0.05) is 36.8 Å². The molecule has 2 saturated heterocycles. The lowest BCUT2D eigenvalue weighted by Crippen LogP contribution is -2.43. The highest BCUT2D eigenvalue weighted by Gasteiger charge is 2.26. The predicted molar refractivity (Wildman–Crippen MR) is 122 cm³/mol. The zero-order valence-corrected chi connectivity index (χ0v) is 18.6. The van der Waals surface area contributed by atoms with E-state index in [1.807, 2.05) is 12.1 Å². The Morgan fingerprint density at radius 1 is 1.03 bits per heavy atom. The van der Waals surface area contributed by atoms with Gasteiger partial charge in [-0.2, -0.15) is 0 Å². The van der Waals surface area contributed by atoms with E-state index in [1.165, 1.54) is 18.4 Å². The minimum absolute atomic E-state index is 0.0344. The molecule has 1 amide bonds. The van der Waals surface area contributed by atoms with Crippen LogP contribution in [0.4, 0.5) is 5.82 Å². The van der Waals surface area contributed by atoms with Crippen LogP contribution in [0.25, 0.3) is 0 Å². The van der Waals surface area contributed by atoms with Crippen molar-refractivity contribution >= 4 is 21.6 Å². The summed E-state index contributed by atoms with van der Waals surface area (Å²) in [4.78, 5) is 21.2. The van der Waals surface area contributed by atoms with Crippen LogP contribution in [-0.4, -0.2) is 72.8 Å². The first-order chi connectivity index (χ1) is 15.0. The molecule has 2 aromatic rings. The molecule has 1 N–H and O–H groups in total. The number of benzene rings is 1. The Labute approximate surface area is 184 Å². The Kier molecular flexibility index (Phi) is 6.87. The molecular formula is C23H30N4O3S. The maximum atomic E-state index is 12.6. The summed E-state index contributed by atoms with van der Waals surface area (Å²) in [5.74, 6) is 0.664. The number of hydrogen-bond acceptors (Lipinski definition) is 6. The number of pyridine rings is 1. The molecule has 8 heteroatoms. The third-order valence-electron chi connectivity index (χ3n) is 6.14. The number of hydrogen-bond donors (Lipinski definition) is 1. The Bertz CT molecular complexity index is 966. The van der Waals surface area contributed by atoms with Crippen LogP contribution in [0.5, 0.6) is 0 Å². The third-order valence-corrected chi connectivity index (χ3v) is 7.75. The van der Waals surface area contributed by atoms with Crippen LogP contribution in [0.1, 0.15) is 35.2 Å². The van der Waals surface area contributed by atoms with Crippen molar-refractivity contribution in [1.82, 2.24) is 14.8 Å². The number of amides is 1. The van der Waals surface area contributed by atoms with E-state index in [-0.39, 0.29) is 30.5 Å². The average Bonchev–Trinajstić information content (AvgIpc) is 2.79. The van der Waals surface area contributed by atoms with Gasteiger partial charge in [0.25, 0.3) is 5.91 Å². The van der Waals surface area contributed by atoms with Gasteiger partial charge in [0.2, 0.25) is 0 Å². The van der Waals surface area contributed by atoms with E-state index in [0.717, 1.165) is 31.9 Å². The largest absolute Gasteiger partial charge is 0.369 e. The van der Waals surface area contributed by atoms with Crippen LogP contribution >= 0.6 is 0 Å². The lowest BCUT2D eigenvalue weighted by molar-refractivity contribution is 0.0770. The SMILES string of the molecule is O=C(c1ccc(NCC2CCCCN2Cc2ccccc2)nc1)N1CCS(=O)(=O)CC1. The smallest absolute Gasteiger partial charge is 0.255 e. The molecule has 2 fully saturated rings. The maximum Gasteiger partial charge on any atom is 0.255 e. The molecular weight excluding hydrogens is 412 g/mol. The van der Waals surface area contributed by atoms with Gasteiger partial charge in [-0.3, -0.25) is 9.69 Å². The molecule has 0 aliphatic carbocycles. The van der Waals surface area contributed by atoms with E-state index >= 15 is 0 Å². The zero-order chi connectivity index (χ0) is 21.7. The van der Waals surface area contributed by atoms with Crippen LogP contribution in [0.3, 0.4) is 0 Å². The van der Waals surface area contributed by atoms with E-state index in [2.05, 4.69) is 39.5 Å². The van der Waals surface area contributed by atoms with Gasteiger partial charge in [-0.05, 0) is 37.1 Å². The highest BCUT2D eigenvalue weighted by molar-refractivity contribution is 7.91. The Hall–Kier alpha value is -2.45. The minimum Gasteiger partial charge on any atom is -0.369 e. The van der Waals surface area contributed by atoms with Gasteiger partial charge in [0.1, 0.15) is 5.82 Å². The third kappa shape index (κ3) is 5.83. The van der Waals surface area contributed by atoms with Gasteiger partial charge >= 0.3 is 0 Å². The standard InChI is InChI=1S/C23H30N4O3S/c28-23(26-12-14-31(29,30)15-13-26)20-9-10-22(24-16-20)25-17-21-8-4-5-11-27(21)18-19-6-2-1-3-7-19/h1-3,6-7,9-10,16,21H,4-5,8,11-15,17-18H2,(H,24,25). The van der Waals surface area contributed by atoms with E-state index in [4.69, 9.17) is 0 Å². The van der Waals surface area contributed by atoms with Crippen molar-refractivity contribution in [3.8, 4) is 0 Å². The van der Waals surface area contributed by atoms with Gasteiger partial charge in [-0.15, -0.1) is 0 Å². The molecule has 1 atom stereocenters. The second-order valence-corrected chi connectivity index (χ2v) is 10.7. The number of likely N-dealkylation sites (tertiary alicyclic amines) is 1. The molecule has 7 nitrogen and oxygen atoms in total. The minimum atomic E-state index is -3.00. The lowest BCUT2D eigenvalue weighted by atomic mass is 10.0. The maximum absolute atomic E-state index is 12.6. The van der Waals surface area contributed by atoms with Gasteiger partial charge in [-0.25, -0.2) is 13.4 Å². The molecule has 3 heterocycles. The fourth-order valence-corrected chi connectivity index (χ4v) is 5.46. The molecule has 0 spiro atoms. The van der Waals surface area contributed by atoms with Crippen LogP contribution in [0, 0.1) is 0 Å². The first-order valence-corrected chi connectivity index (χ1v) is 12.8. The highest BCUT2D eigenvalue weighted by Crippen LogP contribution is 2.20. The topological polar surface area (TPSA) is 82.6 Å². The highest BCUT2D eigenvalue weighted by atomic mass is 32.2. The van der Waals surface area contributed by atoms with Crippen molar-refractivity contribution in [2.45, 2.75) is 31.8 Å². The van der Waals surface area contributed by atoms with Gasteiger partial charge in [0.15, 0.2) is 9.84 Å². The second-order valence-electron chi connectivity index (χ2n) is 8.36. The monoisotopic (exact) mass is 442 g/mol. The number of nitrogens with one attached hydrogen (secondary N) is 1. The normalized spacial score (nSPS) is 21.5. The Morgan fingerprint density at radius 2 is 1.81 bits per heavy atom. The number of anilines is 1. The number of sulfone groups is 1. The molecule has 2 aliphatic heterocycles. The van der Waals surface area contributed by atoms with Gasteiger partial charge in [0.05, 0.1) is 17.1 Å². The van der Waals surface area contributed by atoms with Gasteiger partial charge < -0.3 is 10.2 Å². The number of aromatic nitrogens is 1. The predicted octanol–water partition coefficient (Wildman–Crippen LogP) is 2.42. The summed E-state index contributed by atoms with van der Waals surface area (Å²) in [5, 5.41) is 3.43. The summed E-state index contributed by atoms with van der Waals surface area (Å²) in [7, 11) is -3.00. The summed E-state index contributed by atoms with van der Waals surface area (Å²) in [6.45, 7) is 3.38. The van der Waals surface area contributed by atoms with Crippen molar-refractivity contribution in [3.63, 3.8) is 0 Å². The molecule has 1 aromatic carbocycles. The van der Waals surface area contributed by atoms with E-state index in [0.29, 0.717) is 11.6 Å². The lowest BCUT2D eigenvalue weighted by Gasteiger charge is -2.36. The van der Waals surface area contributed by atoms with Crippen LogP contribution in [0.15, 0.2) is 48.7 Å². The van der Waals surface area contributed by atoms with Crippen molar-refractivity contribution in [2.24, 2.45) is 0 Å². The number of nitrogens with zero attached hydrogens (tertiary/aromatic N) is 3. The zero-order valence-electron chi connectivity index (χ0n) is 17.7. The molecule has 1 aromatic heterocycles. The van der Waals surface area contributed by atoms with Crippen LogP contribution < -0.4 is 5.32 Å². The van der Waals surface area contributed by atoms with Gasteiger partial charge in [0, 0.05) is 38.4 Å². The number of piperidine rings is 1. The number of rotatable bonds is 6. The Balaban J connectivity index is 1.31. The summed E-state index contributed by atoms with van der Waals surface area (Å²) in [6, 6.07) is 14.6. The summed E-state index contributed by atoms with van der Waals surface area (Å²) >= 11 is 0. The first-order valence-electron chi connectivity index (χ1n) is 11.0. The number of carbonyl (C=O) groups excluding carboxylic acids is 1. The first kappa shape index (κ1) is 21.8. The summed E-state index contributed by atoms with van der Waals surface area (Å²) in [5.41, 5.74) is 1.83. The van der Waals surface area contributed by atoms with Crippen LogP contribution in [-0.2, 0) is 16.4 Å². The summed E-state index contributed by atoms with van der Waals surface area (Å²) in [6.07, 6.45) is 5.21. The molecule has 1 unspecified atom stereocenters. The molecule has 0 saturated carbocycles. The summed E-state index contributed by atoms with van der Waals surface area (Å²) < 4.78 is 23.1. The van der Waals surface area contributed by atoms with E-state index in [9.17, 15) is 13.2 Å². The molecule has 166 valence electrons. The molecule has 4 rings (SSSR count). The molecule has 0 radical (unpaired) electrons. The molecule has 0 bridgehead atoms. The second kappa shape index (κ2) is 9.78. The average molecular weight is 443 g/mol. The van der Waals surface area contributed by atoms with Crippen molar-refractivity contribution in [2.75, 3.05) is 43.0 Å². The van der Waals surface area contributed by atoms with Crippen molar-refractivity contribution in [1.29, 1.82) is 0 Å². The van der Waals surface area contributed by atoms with Crippen molar-refractivity contribution < 1.29 is 13.2 Å². The molecule has 31 heavy (non-hydrogen) atoms. The van der Waals surface area contributed by atoms with Crippen molar-refractivity contribution in [3.05, 3.63) is 59.8 Å². The Morgan fingerprint density at radius 3 is 2.52 bits per heavy atom. The number of carbonyl (C=O) groups is 1.